The summed E-state index contributed by atoms with van der Waals surface area (Å²) in [7, 11) is -3.03. The summed E-state index contributed by atoms with van der Waals surface area (Å²) >= 11 is 0. The quantitative estimate of drug-likeness (QED) is 0.195. The van der Waals surface area contributed by atoms with Gasteiger partial charge in [0.2, 0.25) is 0 Å². The van der Waals surface area contributed by atoms with Crippen LogP contribution >= 0.6 is 7.14 Å². The number of rotatable bonds is 2. The molecule has 0 amide bonds. The van der Waals surface area contributed by atoms with Crippen molar-refractivity contribution >= 4 is 44.9 Å². The normalized spacial score (nSPS) is 17.7. The Morgan fingerprint density at radius 2 is 1.24 bits per heavy atom. The Hall–Kier alpha value is -4.65. The van der Waals surface area contributed by atoms with E-state index in [2.05, 4.69) is 115 Å². The second kappa shape index (κ2) is 8.22. The average molecular weight is 558 g/mol. The van der Waals surface area contributed by atoms with Crippen LogP contribution in [0, 0.1) is 0 Å². The number of hydrogen-bond donors (Lipinski definition) is 0. The summed E-state index contributed by atoms with van der Waals surface area (Å²) in [5, 5.41) is 5.07. The molecule has 7 aromatic rings. The van der Waals surface area contributed by atoms with E-state index in [1.54, 1.807) is 0 Å². The van der Waals surface area contributed by atoms with E-state index in [-0.39, 0.29) is 5.41 Å². The summed E-state index contributed by atoms with van der Waals surface area (Å²) in [6.45, 7) is 4.66. The molecule has 3 heteroatoms. The Bertz CT molecular complexity index is 2310. The molecule has 0 radical (unpaired) electrons. The highest BCUT2D eigenvalue weighted by Gasteiger charge is 2.41. The monoisotopic (exact) mass is 557 g/mol. The van der Waals surface area contributed by atoms with Crippen LogP contribution in [-0.4, -0.2) is 4.57 Å². The summed E-state index contributed by atoms with van der Waals surface area (Å²) in [6, 6.07) is 47.1. The molecule has 0 N–H and O–H groups in total. The zero-order chi connectivity index (χ0) is 28.2. The SMILES string of the molecule is CC1(C)c2ccccc2-c2c(-n3c4ccccc4c4cc5c(cc43)-c3ccccc3P5(=O)c3ccccc3)cccc21. The first-order valence-corrected chi connectivity index (χ1v) is 16.3. The lowest BCUT2D eigenvalue weighted by atomic mass is 9.82. The first-order chi connectivity index (χ1) is 20.5. The van der Waals surface area contributed by atoms with Gasteiger partial charge in [0.25, 0.3) is 0 Å². The summed E-state index contributed by atoms with van der Waals surface area (Å²) in [4.78, 5) is 0. The summed E-state index contributed by atoms with van der Waals surface area (Å²) in [5.74, 6) is 0. The zero-order valence-corrected chi connectivity index (χ0v) is 24.4. The molecule has 200 valence electrons. The van der Waals surface area contributed by atoms with E-state index in [0.29, 0.717) is 0 Å². The Kier molecular flexibility index (Phi) is 4.69. The van der Waals surface area contributed by atoms with Crippen molar-refractivity contribution in [2.75, 3.05) is 0 Å². The third-order valence-electron chi connectivity index (χ3n) is 9.61. The second-order valence-electron chi connectivity index (χ2n) is 12.1. The minimum Gasteiger partial charge on any atom is -0.309 e. The maximum atomic E-state index is 15.3. The van der Waals surface area contributed by atoms with E-state index in [1.807, 2.05) is 36.4 Å². The van der Waals surface area contributed by atoms with E-state index in [4.69, 9.17) is 0 Å². The molecule has 42 heavy (non-hydrogen) atoms. The third kappa shape index (κ3) is 2.88. The van der Waals surface area contributed by atoms with Gasteiger partial charge < -0.3 is 9.13 Å². The second-order valence-corrected chi connectivity index (χ2v) is 14.8. The van der Waals surface area contributed by atoms with Gasteiger partial charge in [-0.2, -0.15) is 0 Å². The van der Waals surface area contributed by atoms with E-state index >= 15 is 4.57 Å². The molecule has 1 unspecified atom stereocenters. The molecule has 2 heterocycles. The molecule has 1 atom stereocenters. The molecule has 0 bridgehead atoms. The van der Waals surface area contributed by atoms with Gasteiger partial charge in [0.1, 0.15) is 0 Å². The summed E-state index contributed by atoms with van der Waals surface area (Å²) < 4.78 is 17.7. The van der Waals surface area contributed by atoms with Gasteiger partial charge in [-0.1, -0.05) is 123 Å². The molecular formula is C39H28NOP. The van der Waals surface area contributed by atoms with Gasteiger partial charge in [0.15, 0.2) is 7.14 Å². The fourth-order valence-corrected chi connectivity index (χ4v) is 10.8. The predicted molar refractivity (Wildman–Crippen MR) is 177 cm³/mol. The molecule has 1 aliphatic carbocycles. The molecular weight excluding hydrogens is 529 g/mol. The number of fused-ring (bicyclic) bond motifs is 9. The van der Waals surface area contributed by atoms with Crippen LogP contribution in [-0.2, 0) is 9.98 Å². The minimum absolute atomic E-state index is 0.0802. The number of hydrogen-bond acceptors (Lipinski definition) is 1. The molecule has 2 nitrogen and oxygen atoms in total. The van der Waals surface area contributed by atoms with Crippen molar-refractivity contribution in [3.05, 3.63) is 145 Å². The van der Waals surface area contributed by atoms with Crippen LogP contribution in [0.15, 0.2) is 133 Å². The van der Waals surface area contributed by atoms with Crippen LogP contribution in [0.5, 0.6) is 0 Å². The van der Waals surface area contributed by atoms with E-state index in [1.165, 1.54) is 33.3 Å². The molecule has 6 aromatic carbocycles. The first kappa shape index (κ1) is 24.0. The first-order valence-electron chi connectivity index (χ1n) is 14.6. The molecule has 9 rings (SSSR count). The number of benzene rings is 6. The Labute approximate surface area is 245 Å². The largest absolute Gasteiger partial charge is 0.309 e. The van der Waals surface area contributed by atoms with Crippen LogP contribution < -0.4 is 15.9 Å². The van der Waals surface area contributed by atoms with Crippen LogP contribution in [0.2, 0.25) is 0 Å². The van der Waals surface area contributed by atoms with Gasteiger partial charge >= 0.3 is 0 Å². The lowest BCUT2D eigenvalue weighted by molar-refractivity contribution is 0.593. The highest BCUT2D eigenvalue weighted by Crippen LogP contribution is 2.55. The maximum Gasteiger partial charge on any atom is 0.172 e. The fraction of sp³-hybridized carbons (Fsp3) is 0.0769. The van der Waals surface area contributed by atoms with Gasteiger partial charge in [-0.3, -0.25) is 0 Å². The van der Waals surface area contributed by atoms with Gasteiger partial charge in [-0.25, -0.2) is 0 Å². The van der Waals surface area contributed by atoms with Gasteiger partial charge in [-0.05, 0) is 52.1 Å². The fourth-order valence-electron chi connectivity index (χ4n) is 7.68. The summed E-state index contributed by atoms with van der Waals surface area (Å²) in [6.07, 6.45) is 0. The van der Waals surface area contributed by atoms with Crippen molar-refractivity contribution in [2.24, 2.45) is 0 Å². The lowest BCUT2D eigenvalue weighted by Gasteiger charge is -2.22. The Morgan fingerprint density at radius 3 is 2.10 bits per heavy atom. The van der Waals surface area contributed by atoms with Gasteiger partial charge in [-0.15, -0.1) is 0 Å². The summed E-state index contributed by atoms with van der Waals surface area (Å²) in [5.41, 5.74) is 10.9. The van der Waals surface area contributed by atoms with Crippen LogP contribution in [0.25, 0.3) is 49.7 Å². The van der Waals surface area contributed by atoms with Crippen molar-refractivity contribution in [3.63, 3.8) is 0 Å². The molecule has 0 spiro atoms. The molecule has 1 aromatic heterocycles. The van der Waals surface area contributed by atoms with E-state index in [0.717, 1.165) is 43.5 Å². The molecule has 2 aliphatic rings. The van der Waals surface area contributed by atoms with Crippen molar-refractivity contribution in [1.29, 1.82) is 0 Å². The average Bonchev–Trinajstić information content (AvgIpc) is 3.59. The van der Waals surface area contributed by atoms with Gasteiger partial charge in [0, 0.05) is 37.7 Å². The number of para-hydroxylation sites is 1. The standard InChI is InChI=1S/C39H28NOP/c1-39(2)31-18-9-6-17-28(31)38-32(39)19-12-21-34(38)40-33-20-10-7-15-26(33)29-24-37-30(23-35(29)40)27-16-8-11-22-36(27)42(37,41)25-13-4-3-5-14-25/h3-24H,1-2H3. The number of nitrogens with zero attached hydrogens (tertiary/aromatic N) is 1. The number of aromatic nitrogens is 1. The minimum atomic E-state index is -3.03. The van der Waals surface area contributed by atoms with Crippen molar-refractivity contribution in [2.45, 2.75) is 19.3 Å². The molecule has 0 saturated heterocycles. The maximum absolute atomic E-state index is 15.3. The third-order valence-corrected chi connectivity index (χ3v) is 12.8. The molecule has 0 saturated carbocycles. The van der Waals surface area contributed by atoms with Gasteiger partial charge in [0.05, 0.1) is 16.7 Å². The zero-order valence-electron chi connectivity index (χ0n) is 23.5. The Balaban J connectivity index is 1.42. The lowest BCUT2D eigenvalue weighted by Crippen LogP contribution is -2.20. The molecule has 0 fully saturated rings. The van der Waals surface area contributed by atoms with E-state index < -0.39 is 7.14 Å². The Morgan fingerprint density at radius 1 is 0.548 bits per heavy atom. The highest BCUT2D eigenvalue weighted by molar-refractivity contribution is 7.86. The van der Waals surface area contributed by atoms with Crippen molar-refractivity contribution < 1.29 is 4.57 Å². The van der Waals surface area contributed by atoms with Crippen molar-refractivity contribution in [1.82, 2.24) is 4.57 Å². The van der Waals surface area contributed by atoms with Crippen LogP contribution in [0.1, 0.15) is 25.0 Å². The predicted octanol–water partition coefficient (Wildman–Crippen LogP) is 8.71. The van der Waals surface area contributed by atoms with Crippen LogP contribution in [0.3, 0.4) is 0 Å². The van der Waals surface area contributed by atoms with Crippen LogP contribution in [0.4, 0.5) is 0 Å². The molecule has 1 aliphatic heterocycles. The van der Waals surface area contributed by atoms with Crippen molar-refractivity contribution in [3.8, 4) is 27.9 Å². The highest BCUT2D eigenvalue weighted by atomic mass is 31.2. The van der Waals surface area contributed by atoms with E-state index in [9.17, 15) is 0 Å². The smallest absolute Gasteiger partial charge is 0.172 e. The topological polar surface area (TPSA) is 22.0 Å².